The summed E-state index contributed by atoms with van der Waals surface area (Å²) >= 11 is 6.37. The average molecular weight is 321 g/mol. The highest BCUT2D eigenvalue weighted by Crippen LogP contribution is 2.24. The van der Waals surface area contributed by atoms with Gasteiger partial charge in [-0.15, -0.1) is 0 Å². The molecule has 0 atom stereocenters. The van der Waals surface area contributed by atoms with Crippen molar-refractivity contribution in [1.29, 1.82) is 0 Å². The van der Waals surface area contributed by atoms with Gasteiger partial charge in [0.1, 0.15) is 0 Å². The molecule has 0 heterocycles. The molecule has 3 aromatic rings. The van der Waals surface area contributed by atoms with Crippen molar-refractivity contribution in [3.8, 4) is 0 Å². The summed E-state index contributed by atoms with van der Waals surface area (Å²) in [7, 11) is 0. The summed E-state index contributed by atoms with van der Waals surface area (Å²) in [6.45, 7) is 0. The van der Waals surface area contributed by atoms with Crippen molar-refractivity contribution in [3.63, 3.8) is 0 Å². The van der Waals surface area contributed by atoms with Crippen molar-refractivity contribution in [2.75, 3.05) is 0 Å². The molecular weight excluding hydrogens is 304 g/mol. The monoisotopic (exact) mass is 320 g/mol. The fraction of sp³-hybridized carbons (Fsp3) is 0.0952. The molecule has 0 aliphatic carbocycles. The van der Waals surface area contributed by atoms with Crippen molar-refractivity contribution in [3.05, 3.63) is 106 Å². The van der Waals surface area contributed by atoms with Crippen LogP contribution >= 0.6 is 11.6 Å². The second-order valence-electron chi connectivity index (χ2n) is 5.51. The summed E-state index contributed by atoms with van der Waals surface area (Å²) in [4.78, 5) is 12.7. The van der Waals surface area contributed by atoms with E-state index in [4.69, 9.17) is 11.6 Å². The maximum absolute atomic E-state index is 12.7. The smallest absolute Gasteiger partial charge is 0.167 e. The van der Waals surface area contributed by atoms with E-state index in [2.05, 4.69) is 12.1 Å². The van der Waals surface area contributed by atoms with Gasteiger partial charge < -0.3 is 0 Å². The number of rotatable bonds is 5. The molecule has 3 rings (SSSR count). The van der Waals surface area contributed by atoms with Crippen LogP contribution < -0.4 is 0 Å². The van der Waals surface area contributed by atoms with Gasteiger partial charge in [-0.05, 0) is 29.2 Å². The van der Waals surface area contributed by atoms with E-state index in [-0.39, 0.29) is 5.78 Å². The molecule has 3 aromatic carbocycles. The molecule has 0 saturated heterocycles. The van der Waals surface area contributed by atoms with Crippen molar-refractivity contribution in [1.82, 2.24) is 0 Å². The van der Waals surface area contributed by atoms with E-state index in [9.17, 15) is 4.79 Å². The first-order chi connectivity index (χ1) is 11.2. The Morgan fingerprint density at radius 3 is 2.00 bits per heavy atom. The zero-order valence-electron chi connectivity index (χ0n) is 12.7. The lowest BCUT2D eigenvalue weighted by atomic mass is 9.94. The van der Waals surface area contributed by atoms with Crippen LogP contribution in [0.3, 0.4) is 0 Å². The summed E-state index contributed by atoms with van der Waals surface area (Å²) in [5, 5.41) is 0.646. The van der Waals surface area contributed by atoms with Crippen LogP contribution in [0.15, 0.2) is 78.9 Å². The molecular formula is C21H17ClO. The summed E-state index contributed by atoms with van der Waals surface area (Å²) in [5.74, 6) is 0.102. The predicted molar refractivity (Wildman–Crippen MR) is 95.2 cm³/mol. The third kappa shape index (κ3) is 3.88. The summed E-state index contributed by atoms with van der Waals surface area (Å²) in [6, 6.07) is 25.4. The van der Waals surface area contributed by atoms with E-state index in [1.54, 1.807) is 0 Å². The van der Waals surface area contributed by atoms with Gasteiger partial charge in [-0.1, -0.05) is 84.4 Å². The Labute approximate surface area is 141 Å². The minimum atomic E-state index is 0.102. The molecule has 0 radical (unpaired) electrons. The molecule has 0 fully saturated rings. The number of carbonyl (C=O) groups is 1. The van der Waals surface area contributed by atoms with Crippen LogP contribution in [0.1, 0.15) is 27.0 Å². The van der Waals surface area contributed by atoms with Crippen molar-refractivity contribution in [2.24, 2.45) is 0 Å². The molecule has 0 aliphatic heterocycles. The lowest BCUT2D eigenvalue weighted by Crippen LogP contribution is -2.08. The molecule has 23 heavy (non-hydrogen) atoms. The van der Waals surface area contributed by atoms with Gasteiger partial charge in [0, 0.05) is 17.0 Å². The number of Topliss-reactive ketones (excluding diaryl/α,β-unsaturated/α-hetero) is 1. The number of carbonyl (C=O) groups excluding carboxylic acids is 1. The second-order valence-corrected chi connectivity index (χ2v) is 5.92. The van der Waals surface area contributed by atoms with E-state index >= 15 is 0 Å². The highest BCUT2D eigenvalue weighted by Gasteiger charge is 2.15. The fourth-order valence-corrected chi connectivity index (χ4v) is 2.92. The van der Waals surface area contributed by atoms with Gasteiger partial charge >= 0.3 is 0 Å². The molecule has 0 bridgehead atoms. The van der Waals surface area contributed by atoms with Gasteiger partial charge in [-0.25, -0.2) is 0 Å². The normalized spacial score (nSPS) is 10.5. The molecule has 0 amide bonds. The largest absolute Gasteiger partial charge is 0.294 e. The minimum absolute atomic E-state index is 0.102. The van der Waals surface area contributed by atoms with Gasteiger partial charge in [0.25, 0.3) is 0 Å². The number of hydrogen-bond donors (Lipinski definition) is 0. The summed E-state index contributed by atoms with van der Waals surface area (Å²) in [6.07, 6.45) is 1.05. The van der Waals surface area contributed by atoms with Crippen molar-refractivity contribution in [2.45, 2.75) is 12.8 Å². The Bertz CT molecular complexity index is 795. The number of ketones is 1. The Kier molecular flexibility index (Phi) is 4.89. The molecule has 114 valence electrons. The second kappa shape index (κ2) is 7.26. The Morgan fingerprint density at radius 1 is 0.739 bits per heavy atom. The maximum atomic E-state index is 12.7. The van der Waals surface area contributed by atoms with E-state index < -0.39 is 0 Å². The molecule has 0 saturated carbocycles. The van der Waals surface area contributed by atoms with E-state index in [0.29, 0.717) is 23.4 Å². The molecule has 0 N–H and O–H groups in total. The summed E-state index contributed by atoms with van der Waals surface area (Å²) < 4.78 is 0. The zero-order valence-corrected chi connectivity index (χ0v) is 13.5. The Hall–Kier alpha value is -2.38. The molecule has 0 aromatic heterocycles. The Morgan fingerprint density at radius 2 is 1.35 bits per heavy atom. The van der Waals surface area contributed by atoms with Crippen LogP contribution in [0.4, 0.5) is 0 Å². The quantitative estimate of drug-likeness (QED) is 0.579. The van der Waals surface area contributed by atoms with Crippen LogP contribution in [-0.2, 0) is 12.8 Å². The first-order valence-electron chi connectivity index (χ1n) is 7.62. The lowest BCUT2D eigenvalue weighted by molar-refractivity contribution is 0.0992. The summed E-state index contributed by atoms with van der Waals surface area (Å²) in [5.41, 5.74) is 3.78. The third-order valence-electron chi connectivity index (χ3n) is 3.85. The molecule has 0 spiro atoms. The molecule has 1 nitrogen and oxygen atoms in total. The van der Waals surface area contributed by atoms with Crippen LogP contribution in [0, 0.1) is 0 Å². The SMILES string of the molecule is O=C(Cc1ccccc1)c1cccc(Cl)c1Cc1ccccc1. The number of hydrogen-bond acceptors (Lipinski definition) is 1. The van der Waals surface area contributed by atoms with Gasteiger partial charge in [-0.2, -0.15) is 0 Å². The molecule has 0 aliphatic rings. The van der Waals surface area contributed by atoms with Gasteiger partial charge in [0.05, 0.1) is 0 Å². The van der Waals surface area contributed by atoms with Crippen molar-refractivity contribution >= 4 is 17.4 Å². The van der Waals surface area contributed by atoms with Gasteiger partial charge in [-0.3, -0.25) is 4.79 Å². The third-order valence-corrected chi connectivity index (χ3v) is 4.20. The standard InChI is InChI=1S/C21H17ClO/c22-20-13-7-12-18(19(20)14-16-8-3-1-4-9-16)21(23)15-17-10-5-2-6-11-17/h1-13H,14-15H2. The maximum Gasteiger partial charge on any atom is 0.167 e. The van der Waals surface area contributed by atoms with Crippen molar-refractivity contribution < 1.29 is 4.79 Å². The Balaban J connectivity index is 1.90. The van der Waals surface area contributed by atoms with E-state index in [1.807, 2.05) is 66.7 Å². The zero-order chi connectivity index (χ0) is 16.1. The molecule has 0 unspecified atom stereocenters. The van der Waals surface area contributed by atoms with E-state index in [0.717, 1.165) is 16.7 Å². The van der Waals surface area contributed by atoms with E-state index in [1.165, 1.54) is 0 Å². The minimum Gasteiger partial charge on any atom is -0.294 e. The highest BCUT2D eigenvalue weighted by atomic mass is 35.5. The first kappa shape index (κ1) is 15.5. The molecule has 2 heteroatoms. The van der Waals surface area contributed by atoms with Crippen LogP contribution in [0.2, 0.25) is 5.02 Å². The van der Waals surface area contributed by atoms with Gasteiger partial charge in [0.2, 0.25) is 0 Å². The fourth-order valence-electron chi connectivity index (χ4n) is 2.68. The van der Waals surface area contributed by atoms with Crippen LogP contribution in [0.5, 0.6) is 0 Å². The first-order valence-corrected chi connectivity index (χ1v) is 8.00. The average Bonchev–Trinajstić information content (AvgIpc) is 2.58. The number of benzene rings is 3. The predicted octanol–water partition coefficient (Wildman–Crippen LogP) is 5.36. The van der Waals surface area contributed by atoms with Crippen LogP contribution in [0.25, 0.3) is 0 Å². The van der Waals surface area contributed by atoms with Gasteiger partial charge in [0.15, 0.2) is 5.78 Å². The topological polar surface area (TPSA) is 17.1 Å². The number of halogens is 1. The van der Waals surface area contributed by atoms with Crippen LogP contribution in [-0.4, -0.2) is 5.78 Å². The lowest BCUT2D eigenvalue weighted by Gasteiger charge is -2.11. The highest BCUT2D eigenvalue weighted by molar-refractivity contribution is 6.32.